The van der Waals surface area contributed by atoms with Gasteiger partial charge in [0.15, 0.2) is 23.7 Å². The minimum absolute atomic E-state index is 0.00293. The molecule has 3 heterocycles. The molecule has 2 aliphatic rings. The third kappa shape index (κ3) is 2.93. The minimum Gasteiger partial charge on any atom is -0.387 e. The fourth-order valence-electron chi connectivity index (χ4n) is 2.90. The van der Waals surface area contributed by atoms with Gasteiger partial charge in [-0.2, -0.15) is 0 Å². The molecule has 0 radical (unpaired) electrons. The van der Waals surface area contributed by atoms with Gasteiger partial charge in [-0.1, -0.05) is 0 Å². The SMILES string of the molecule is Nc1c(N2C(=O)CCC2=O)ncn1C1O[C@H](C(O)P(=O)(O)O)[C@@H](O)[C@H]1O. The van der Waals surface area contributed by atoms with Crippen LogP contribution in [0.15, 0.2) is 6.33 Å². The zero-order chi connectivity index (χ0) is 19.4. The number of carbonyl (C=O) groups is 2. The second kappa shape index (κ2) is 6.39. The van der Waals surface area contributed by atoms with Crippen LogP contribution in [0.1, 0.15) is 19.1 Å². The highest BCUT2D eigenvalue weighted by atomic mass is 31.2. The fourth-order valence-corrected chi connectivity index (χ4v) is 3.53. The number of carbonyl (C=O) groups excluding carboxylic acids is 2. The molecule has 0 saturated carbocycles. The maximum atomic E-state index is 11.8. The van der Waals surface area contributed by atoms with Crippen LogP contribution in [0, 0.1) is 0 Å². The Morgan fingerprint density at radius 2 is 1.81 bits per heavy atom. The number of amides is 2. The van der Waals surface area contributed by atoms with Crippen molar-refractivity contribution in [3.05, 3.63) is 6.33 Å². The van der Waals surface area contributed by atoms with Crippen molar-refractivity contribution in [2.24, 2.45) is 0 Å². The topological polar surface area (TPSA) is 209 Å². The summed E-state index contributed by atoms with van der Waals surface area (Å²) in [6.45, 7) is 0. The first-order valence-electron chi connectivity index (χ1n) is 7.47. The molecule has 7 N–H and O–H groups in total. The summed E-state index contributed by atoms with van der Waals surface area (Å²) >= 11 is 0. The van der Waals surface area contributed by atoms with E-state index in [2.05, 4.69) is 4.98 Å². The van der Waals surface area contributed by atoms with E-state index in [-0.39, 0.29) is 24.5 Å². The number of anilines is 2. The second-order valence-electron chi connectivity index (χ2n) is 5.96. The van der Waals surface area contributed by atoms with Gasteiger partial charge < -0.3 is 35.6 Å². The smallest absolute Gasteiger partial charge is 0.356 e. The minimum atomic E-state index is -5.02. The van der Waals surface area contributed by atoms with E-state index in [0.717, 1.165) is 15.8 Å². The van der Waals surface area contributed by atoms with Crippen molar-refractivity contribution in [2.75, 3.05) is 10.6 Å². The number of hydrogen-bond donors (Lipinski definition) is 6. The van der Waals surface area contributed by atoms with Gasteiger partial charge in [-0.3, -0.25) is 18.7 Å². The van der Waals surface area contributed by atoms with Gasteiger partial charge in [0.05, 0.1) is 0 Å². The first-order chi connectivity index (χ1) is 12.0. The molecular weight excluding hydrogens is 375 g/mol. The van der Waals surface area contributed by atoms with Crippen LogP contribution in [0.3, 0.4) is 0 Å². The van der Waals surface area contributed by atoms with Crippen molar-refractivity contribution in [1.29, 1.82) is 0 Å². The Bertz CT molecular complexity index is 776. The van der Waals surface area contributed by atoms with E-state index in [4.69, 9.17) is 20.3 Å². The van der Waals surface area contributed by atoms with Gasteiger partial charge in [0, 0.05) is 12.8 Å². The molecule has 13 nitrogen and oxygen atoms in total. The van der Waals surface area contributed by atoms with Crippen molar-refractivity contribution < 1.29 is 44.0 Å². The molecule has 2 fully saturated rings. The number of nitrogens with two attached hydrogens (primary N) is 1. The number of imidazole rings is 1. The summed E-state index contributed by atoms with van der Waals surface area (Å²) in [4.78, 5) is 46.3. The molecule has 1 aromatic heterocycles. The van der Waals surface area contributed by atoms with Crippen molar-refractivity contribution >= 4 is 31.0 Å². The first kappa shape index (κ1) is 18.9. The summed E-state index contributed by atoms with van der Waals surface area (Å²) in [5.74, 6) is -3.80. The molecule has 14 heteroatoms. The lowest BCUT2D eigenvalue weighted by Gasteiger charge is -2.21. The number of nitrogen functional groups attached to an aromatic ring is 1. The van der Waals surface area contributed by atoms with Crippen LogP contribution in [0.5, 0.6) is 0 Å². The standard InChI is InChI=1S/C12H17N4O9P/c13-9-10(16-4(17)1-2-5(16)18)14-3-15(9)11-7(20)6(19)8(25-11)12(21)26(22,23)24/h3,6-8,11-12,19-21H,1-2,13H2,(H2,22,23,24)/t6-,7+,8-,11?,12?/m0/s1. The fraction of sp³-hybridized carbons (Fsp3) is 0.583. The molecule has 2 amide bonds. The molecule has 0 aliphatic carbocycles. The Kier molecular flexibility index (Phi) is 4.65. The molecule has 0 spiro atoms. The summed E-state index contributed by atoms with van der Waals surface area (Å²) < 4.78 is 17.4. The number of nitrogens with zero attached hydrogens (tertiary/aromatic N) is 3. The molecular formula is C12H17N4O9P. The Labute approximate surface area is 145 Å². The maximum absolute atomic E-state index is 11.8. The Balaban J connectivity index is 1.90. The zero-order valence-electron chi connectivity index (χ0n) is 13.1. The Morgan fingerprint density at radius 1 is 1.23 bits per heavy atom. The number of hydrogen-bond acceptors (Lipinski definition) is 9. The van der Waals surface area contributed by atoms with Crippen molar-refractivity contribution in [3.8, 4) is 0 Å². The maximum Gasteiger partial charge on any atom is 0.356 e. The van der Waals surface area contributed by atoms with Gasteiger partial charge in [-0.25, -0.2) is 9.88 Å². The van der Waals surface area contributed by atoms with Gasteiger partial charge in [0.25, 0.3) is 0 Å². The van der Waals surface area contributed by atoms with E-state index in [0.29, 0.717) is 0 Å². The lowest BCUT2D eigenvalue weighted by Crippen LogP contribution is -2.38. The number of aliphatic hydroxyl groups is 3. The highest BCUT2D eigenvalue weighted by Gasteiger charge is 2.52. The zero-order valence-corrected chi connectivity index (χ0v) is 14.0. The molecule has 0 bridgehead atoms. The third-order valence-electron chi connectivity index (χ3n) is 4.26. The average molecular weight is 392 g/mol. The molecule has 2 saturated heterocycles. The predicted molar refractivity (Wildman–Crippen MR) is 82.3 cm³/mol. The normalized spacial score (nSPS) is 31.0. The van der Waals surface area contributed by atoms with Gasteiger partial charge in [0.2, 0.25) is 11.8 Å². The summed E-state index contributed by atoms with van der Waals surface area (Å²) in [5.41, 5.74) is 5.87. The summed E-state index contributed by atoms with van der Waals surface area (Å²) in [5, 5.41) is 29.7. The largest absolute Gasteiger partial charge is 0.387 e. The number of imide groups is 1. The van der Waals surface area contributed by atoms with Crippen molar-refractivity contribution in [3.63, 3.8) is 0 Å². The number of aromatic nitrogens is 2. The quantitative estimate of drug-likeness (QED) is 0.228. The molecule has 144 valence electrons. The molecule has 3 rings (SSSR count). The van der Waals surface area contributed by atoms with E-state index >= 15 is 0 Å². The van der Waals surface area contributed by atoms with Gasteiger partial charge in [-0.05, 0) is 0 Å². The third-order valence-corrected chi connectivity index (χ3v) is 5.25. The van der Waals surface area contributed by atoms with E-state index in [1.807, 2.05) is 0 Å². The molecule has 0 aromatic carbocycles. The highest BCUT2D eigenvalue weighted by molar-refractivity contribution is 7.52. The molecule has 26 heavy (non-hydrogen) atoms. The Hall–Kier alpha value is -1.86. The van der Waals surface area contributed by atoms with Gasteiger partial charge in [0.1, 0.15) is 24.6 Å². The summed E-state index contributed by atoms with van der Waals surface area (Å²) in [6.07, 6.45) is -5.75. The molecule has 1 aromatic rings. The van der Waals surface area contributed by atoms with Crippen molar-refractivity contribution in [1.82, 2.24) is 9.55 Å². The number of aliphatic hydroxyl groups excluding tert-OH is 3. The molecule has 2 aliphatic heterocycles. The van der Waals surface area contributed by atoms with Crippen LogP contribution in [-0.4, -0.2) is 70.6 Å². The average Bonchev–Trinajstić information content (AvgIpc) is 3.17. The van der Waals surface area contributed by atoms with Crippen LogP contribution in [0.2, 0.25) is 0 Å². The molecule has 2 unspecified atom stereocenters. The van der Waals surface area contributed by atoms with Crippen molar-refractivity contribution in [2.45, 2.75) is 43.2 Å². The summed E-state index contributed by atoms with van der Waals surface area (Å²) in [7, 11) is -5.02. The van der Waals surface area contributed by atoms with Crippen LogP contribution >= 0.6 is 7.60 Å². The second-order valence-corrected chi connectivity index (χ2v) is 7.67. The monoisotopic (exact) mass is 392 g/mol. The van der Waals surface area contributed by atoms with E-state index in [9.17, 15) is 29.5 Å². The number of rotatable bonds is 4. The summed E-state index contributed by atoms with van der Waals surface area (Å²) in [6, 6.07) is 0. The predicted octanol–water partition coefficient (Wildman–Crippen LogP) is -2.77. The van der Waals surface area contributed by atoms with Crippen LogP contribution in [0.4, 0.5) is 11.6 Å². The van der Waals surface area contributed by atoms with E-state index in [1.165, 1.54) is 0 Å². The van der Waals surface area contributed by atoms with Gasteiger partial charge in [-0.15, -0.1) is 0 Å². The van der Waals surface area contributed by atoms with E-state index < -0.39 is 49.8 Å². The first-order valence-corrected chi connectivity index (χ1v) is 9.15. The lowest BCUT2D eigenvalue weighted by molar-refractivity contribution is -0.121. The van der Waals surface area contributed by atoms with E-state index in [1.54, 1.807) is 0 Å². The lowest BCUT2D eigenvalue weighted by atomic mass is 10.1. The Morgan fingerprint density at radius 3 is 2.35 bits per heavy atom. The van der Waals surface area contributed by atoms with Crippen LogP contribution in [-0.2, 0) is 18.9 Å². The molecule has 5 atom stereocenters. The van der Waals surface area contributed by atoms with Gasteiger partial charge >= 0.3 is 7.60 Å². The number of ether oxygens (including phenoxy) is 1. The van der Waals surface area contributed by atoms with Crippen LogP contribution < -0.4 is 10.6 Å². The highest BCUT2D eigenvalue weighted by Crippen LogP contribution is 2.47. The van der Waals surface area contributed by atoms with Crippen LogP contribution in [0.25, 0.3) is 0 Å².